The lowest BCUT2D eigenvalue weighted by molar-refractivity contribution is 0.0526. The van der Waals surface area contributed by atoms with Gasteiger partial charge in [0, 0.05) is 11.3 Å². The minimum absolute atomic E-state index is 0.349. The number of nitrogens with two attached hydrogens (primary N) is 1. The molecular weight excluding hydrogens is 286 g/mol. The van der Waals surface area contributed by atoms with E-state index in [1.807, 2.05) is 0 Å². The van der Waals surface area contributed by atoms with Gasteiger partial charge in [0.25, 0.3) is 0 Å². The Kier molecular flexibility index (Phi) is 3.79. The van der Waals surface area contributed by atoms with Crippen molar-refractivity contribution >= 4 is 33.8 Å². The van der Waals surface area contributed by atoms with Crippen LogP contribution >= 0.6 is 11.3 Å². The first-order valence-corrected chi connectivity index (χ1v) is 7.84. The first-order valence-electron chi connectivity index (χ1n) is 6.96. The summed E-state index contributed by atoms with van der Waals surface area (Å²) in [6.07, 6.45) is 2.45. The van der Waals surface area contributed by atoms with Crippen molar-refractivity contribution < 1.29 is 9.53 Å². The van der Waals surface area contributed by atoms with Gasteiger partial charge in [0.05, 0.1) is 29.2 Å². The van der Waals surface area contributed by atoms with Crippen molar-refractivity contribution in [3.63, 3.8) is 0 Å². The predicted octanol–water partition coefficient (Wildman–Crippen LogP) is 3.52. The van der Waals surface area contributed by atoms with Crippen molar-refractivity contribution in [2.75, 3.05) is 17.7 Å². The van der Waals surface area contributed by atoms with Crippen molar-refractivity contribution in [2.45, 2.75) is 25.7 Å². The third-order valence-electron chi connectivity index (χ3n) is 3.32. The van der Waals surface area contributed by atoms with Crippen LogP contribution < -0.4 is 11.1 Å². The fourth-order valence-corrected chi connectivity index (χ4v) is 2.84. The molecule has 6 heteroatoms. The Morgan fingerprint density at radius 2 is 2.33 bits per heavy atom. The number of nitrogens with zero attached hydrogens (tertiary/aromatic N) is 1. The van der Waals surface area contributed by atoms with Gasteiger partial charge in [-0.25, -0.2) is 9.78 Å². The van der Waals surface area contributed by atoms with Crippen LogP contribution in [0.5, 0.6) is 0 Å². The average molecular weight is 303 g/mol. The molecule has 1 aliphatic rings. The number of carbonyl (C=O) groups excluding carboxylic acids is 1. The zero-order valence-electron chi connectivity index (χ0n) is 11.8. The average Bonchev–Trinajstić information content (AvgIpc) is 3.22. The van der Waals surface area contributed by atoms with Crippen molar-refractivity contribution in [2.24, 2.45) is 0 Å². The molecular formula is C15H17N3O2S. The number of hydrogen-bond acceptors (Lipinski definition) is 6. The number of anilines is 3. The lowest BCUT2D eigenvalue weighted by Crippen LogP contribution is -2.06. The van der Waals surface area contributed by atoms with Crippen LogP contribution in [0.2, 0.25) is 0 Å². The number of thiazole rings is 1. The molecule has 0 radical (unpaired) electrons. The summed E-state index contributed by atoms with van der Waals surface area (Å²) in [4.78, 5) is 16.3. The van der Waals surface area contributed by atoms with Gasteiger partial charge >= 0.3 is 5.97 Å². The largest absolute Gasteiger partial charge is 0.462 e. The molecule has 1 fully saturated rings. The summed E-state index contributed by atoms with van der Waals surface area (Å²) in [5.74, 6) is 0.276. The lowest BCUT2D eigenvalue weighted by Gasteiger charge is -2.09. The van der Waals surface area contributed by atoms with Crippen molar-refractivity contribution in [3.05, 3.63) is 34.8 Å². The number of carbonyl (C=O) groups is 1. The summed E-state index contributed by atoms with van der Waals surface area (Å²) in [7, 11) is 0. The number of ether oxygens (including phenoxy) is 1. The number of aromatic nitrogens is 1. The molecule has 2 aromatic rings. The molecule has 5 nitrogen and oxygen atoms in total. The van der Waals surface area contributed by atoms with E-state index in [0.717, 1.165) is 10.8 Å². The molecule has 110 valence electrons. The van der Waals surface area contributed by atoms with Crippen LogP contribution in [0, 0.1) is 0 Å². The highest BCUT2D eigenvalue weighted by Gasteiger charge is 2.26. The molecule has 0 aliphatic heterocycles. The molecule has 1 heterocycles. The van der Waals surface area contributed by atoms with Crippen LogP contribution in [0.4, 0.5) is 16.5 Å². The number of nitrogens with one attached hydrogen (secondary N) is 1. The SMILES string of the molecule is CCOC(=O)c1ccc(N)c(Nc2nc(C3CC3)cs2)c1. The molecule has 1 aromatic heterocycles. The van der Waals surface area contributed by atoms with Crippen LogP contribution in [0.15, 0.2) is 23.6 Å². The zero-order chi connectivity index (χ0) is 14.8. The summed E-state index contributed by atoms with van der Waals surface area (Å²) in [6, 6.07) is 5.06. The van der Waals surface area contributed by atoms with E-state index in [1.54, 1.807) is 36.5 Å². The molecule has 21 heavy (non-hydrogen) atoms. The van der Waals surface area contributed by atoms with E-state index < -0.39 is 0 Å². The monoisotopic (exact) mass is 303 g/mol. The minimum atomic E-state index is -0.349. The summed E-state index contributed by atoms with van der Waals surface area (Å²) in [5, 5.41) is 6.06. The van der Waals surface area contributed by atoms with Gasteiger partial charge in [-0.05, 0) is 38.0 Å². The standard InChI is InChI=1S/C15H17N3O2S/c1-2-20-14(19)10-5-6-11(16)12(7-10)17-15-18-13(8-21-15)9-3-4-9/h5-9H,2-4,16H2,1H3,(H,17,18). The molecule has 1 saturated carbocycles. The van der Waals surface area contributed by atoms with Gasteiger partial charge in [-0.2, -0.15) is 0 Å². The quantitative estimate of drug-likeness (QED) is 0.652. The molecule has 0 atom stereocenters. The van der Waals surface area contributed by atoms with Crippen molar-refractivity contribution in [1.29, 1.82) is 0 Å². The van der Waals surface area contributed by atoms with E-state index in [2.05, 4.69) is 15.7 Å². The summed E-state index contributed by atoms with van der Waals surface area (Å²) < 4.78 is 5.00. The summed E-state index contributed by atoms with van der Waals surface area (Å²) in [6.45, 7) is 2.13. The van der Waals surface area contributed by atoms with Gasteiger partial charge in [0.2, 0.25) is 0 Å². The predicted molar refractivity (Wildman–Crippen MR) is 84.2 cm³/mol. The van der Waals surface area contributed by atoms with Crippen LogP contribution in [-0.2, 0) is 4.74 Å². The fourth-order valence-electron chi connectivity index (χ4n) is 2.03. The second-order valence-corrected chi connectivity index (χ2v) is 5.86. The highest BCUT2D eigenvalue weighted by molar-refractivity contribution is 7.13. The number of benzene rings is 1. The fraction of sp³-hybridized carbons (Fsp3) is 0.333. The van der Waals surface area contributed by atoms with E-state index in [4.69, 9.17) is 10.5 Å². The van der Waals surface area contributed by atoms with Gasteiger partial charge in [-0.3, -0.25) is 0 Å². The molecule has 3 N–H and O–H groups in total. The highest BCUT2D eigenvalue weighted by Crippen LogP contribution is 2.41. The van der Waals surface area contributed by atoms with Crippen LogP contribution in [0.25, 0.3) is 0 Å². The van der Waals surface area contributed by atoms with Gasteiger partial charge in [0.15, 0.2) is 5.13 Å². The number of rotatable bonds is 5. The Balaban J connectivity index is 1.79. The molecule has 1 aromatic carbocycles. The van der Waals surface area contributed by atoms with Crippen LogP contribution in [0.1, 0.15) is 41.7 Å². The van der Waals surface area contributed by atoms with Crippen molar-refractivity contribution in [3.8, 4) is 0 Å². The molecule has 0 unspecified atom stereocenters. The summed E-state index contributed by atoms with van der Waals surface area (Å²) in [5.41, 5.74) is 8.83. The van der Waals surface area contributed by atoms with E-state index >= 15 is 0 Å². The third-order valence-corrected chi connectivity index (χ3v) is 4.10. The van der Waals surface area contributed by atoms with Gasteiger partial charge in [-0.1, -0.05) is 0 Å². The number of hydrogen-bond donors (Lipinski definition) is 2. The van der Waals surface area contributed by atoms with Crippen LogP contribution in [-0.4, -0.2) is 17.6 Å². The van der Waals surface area contributed by atoms with E-state index in [1.165, 1.54) is 12.8 Å². The smallest absolute Gasteiger partial charge is 0.338 e. The Labute approximate surface area is 127 Å². The van der Waals surface area contributed by atoms with Gasteiger partial charge in [0.1, 0.15) is 0 Å². The van der Waals surface area contributed by atoms with Crippen LogP contribution in [0.3, 0.4) is 0 Å². The molecule has 0 bridgehead atoms. The number of esters is 1. The molecule has 3 rings (SSSR count). The number of nitrogen functional groups attached to an aromatic ring is 1. The maximum absolute atomic E-state index is 11.8. The van der Waals surface area contributed by atoms with E-state index in [0.29, 0.717) is 29.5 Å². The van der Waals surface area contributed by atoms with E-state index in [9.17, 15) is 4.79 Å². The topological polar surface area (TPSA) is 77.2 Å². The lowest BCUT2D eigenvalue weighted by atomic mass is 10.2. The maximum atomic E-state index is 11.8. The summed E-state index contributed by atoms with van der Waals surface area (Å²) >= 11 is 1.55. The normalized spacial score (nSPS) is 14.0. The first-order chi connectivity index (χ1) is 10.2. The second kappa shape index (κ2) is 5.73. The highest BCUT2D eigenvalue weighted by atomic mass is 32.1. The minimum Gasteiger partial charge on any atom is -0.462 e. The first kappa shape index (κ1) is 13.9. The van der Waals surface area contributed by atoms with E-state index in [-0.39, 0.29) is 5.97 Å². The molecule has 0 saturated heterocycles. The Bertz CT molecular complexity index is 665. The molecule has 1 aliphatic carbocycles. The Hall–Kier alpha value is -2.08. The van der Waals surface area contributed by atoms with Gasteiger partial charge in [-0.15, -0.1) is 11.3 Å². The van der Waals surface area contributed by atoms with Gasteiger partial charge < -0.3 is 15.8 Å². The zero-order valence-corrected chi connectivity index (χ0v) is 12.6. The van der Waals surface area contributed by atoms with Crippen molar-refractivity contribution in [1.82, 2.24) is 4.98 Å². The Morgan fingerprint density at radius 1 is 1.52 bits per heavy atom. The third kappa shape index (κ3) is 3.16. The molecule has 0 spiro atoms. The second-order valence-electron chi connectivity index (χ2n) is 5.00. The Morgan fingerprint density at radius 3 is 3.05 bits per heavy atom. The molecule has 0 amide bonds. The maximum Gasteiger partial charge on any atom is 0.338 e.